The maximum Gasteiger partial charge on any atom is 0.339 e. The summed E-state index contributed by atoms with van der Waals surface area (Å²) in [7, 11) is -2.96. The minimum absolute atomic E-state index is 0.0606. The first-order valence-corrected chi connectivity index (χ1v) is 11.4. The monoisotopic (exact) mass is 472 g/mol. The highest BCUT2D eigenvalue weighted by molar-refractivity contribution is 7.92. The molecule has 0 unspecified atom stereocenters. The van der Waals surface area contributed by atoms with Crippen LogP contribution >= 0.6 is 11.6 Å². The Morgan fingerprint density at radius 1 is 0.938 bits per heavy atom. The summed E-state index contributed by atoms with van der Waals surface area (Å²) in [4.78, 5) is 24.5. The van der Waals surface area contributed by atoms with Crippen LogP contribution in [0.4, 0.5) is 5.69 Å². The first kappa shape index (κ1) is 23.3. The number of nitrogens with one attached hydrogen (secondary N) is 2. The standard InChI is InChI=1S/C23H21ClN2O5S/c1-15(16-8-4-3-5-9-16)25-22(27)18-10-6-7-11-21(18)26-32(29,30)17-12-13-20(24)19(14-17)23(28)31-2/h3-15,26H,1-2H3,(H,25,27)/t15-/m0/s1. The van der Waals surface area contributed by atoms with Gasteiger partial charge in [-0.15, -0.1) is 0 Å². The molecular formula is C23H21ClN2O5S. The van der Waals surface area contributed by atoms with Crippen LogP contribution in [-0.4, -0.2) is 27.4 Å². The number of rotatable bonds is 7. The number of hydrogen-bond acceptors (Lipinski definition) is 5. The molecule has 0 aliphatic rings. The summed E-state index contributed by atoms with van der Waals surface area (Å²) in [6, 6.07) is 19.0. The van der Waals surface area contributed by atoms with Gasteiger partial charge in [0.2, 0.25) is 0 Å². The maximum absolute atomic E-state index is 13.0. The van der Waals surface area contributed by atoms with Crippen molar-refractivity contribution in [3.05, 3.63) is 94.5 Å². The lowest BCUT2D eigenvalue weighted by atomic mass is 10.1. The SMILES string of the molecule is COC(=O)c1cc(S(=O)(=O)Nc2ccccc2C(=O)N[C@@H](C)c2ccccc2)ccc1Cl. The normalized spacial score (nSPS) is 12.0. The Morgan fingerprint density at radius 2 is 1.59 bits per heavy atom. The lowest BCUT2D eigenvalue weighted by Crippen LogP contribution is -2.28. The Hall–Kier alpha value is -3.36. The molecule has 2 N–H and O–H groups in total. The highest BCUT2D eigenvalue weighted by Gasteiger charge is 2.22. The van der Waals surface area contributed by atoms with Crippen molar-refractivity contribution < 1.29 is 22.7 Å². The molecule has 1 amide bonds. The fourth-order valence-corrected chi connectivity index (χ4v) is 4.31. The number of halogens is 1. The molecule has 9 heteroatoms. The second-order valence-electron chi connectivity index (χ2n) is 6.89. The number of esters is 1. The molecule has 3 aromatic rings. The summed E-state index contributed by atoms with van der Waals surface area (Å²) >= 11 is 5.98. The van der Waals surface area contributed by atoms with E-state index in [4.69, 9.17) is 11.6 Å². The van der Waals surface area contributed by atoms with E-state index in [0.717, 1.165) is 11.6 Å². The van der Waals surface area contributed by atoms with E-state index in [-0.39, 0.29) is 32.8 Å². The summed E-state index contributed by atoms with van der Waals surface area (Å²) in [6.45, 7) is 1.84. The average molecular weight is 473 g/mol. The summed E-state index contributed by atoms with van der Waals surface area (Å²) < 4.78 is 33.0. The third kappa shape index (κ3) is 5.27. The molecule has 7 nitrogen and oxygen atoms in total. The number of benzene rings is 3. The third-order valence-corrected chi connectivity index (χ3v) is 6.41. The van der Waals surface area contributed by atoms with Crippen LogP contribution < -0.4 is 10.0 Å². The quantitative estimate of drug-likeness (QED) is 0.496. The second-order valence-corrected chi connectivity index (χ2v) is 8.98. The molecule has 3 rings (SSSR count). The molecule has 0 saturated heterocycles. The van der Waals surface area contributed by atoms with E-state index >= 15 is 0 Å². The number of carbonyl (C=O) groups excluding carboxylic acids is 2. The first-order valence-electron chi connectivity index (χ1n) is 9.58. The molecule has 0 aliphatic carbocycles. The van der Waals surface area contributed by atoms with E-state index < -0.39 is 21.9 Å². The van der Waals surface area contributed by atoms with Crippen molar-refractivity contribution in [2.45, 2.75) is 17.9 Å². The van der Waals surface area contributed by atoms with Crippen molar-refractivity contribution in [1.82, 2.24) is 5.32 Å². The van der Waals surface area contributed by atoms with Gasteiger partial charge in [-0.05, 0) is 42.8 Å². The topological polar surface area (TPSA) is 102 Å². The van der Waals surface area contributed by atoms with Crippen molar-refractivity contribution in [2.24, 2.45) is 0 Å². The molecule has 166 valence electrons. The zero-order valence-corrected chi connectivity index (χ0v) is 18.9. The van der Waals surface area contributed by atoms with Crippen molar-refractivity contribution in [3.63, 3.8) is 0 Å². The zero-order chi connectivity index (χ0) is 23.3. The lowest BCUT2D eigenvalue weighted by Gasteiger charge is -2.17. The summed E-state index contributed by atoms with van der Waals surface area (Å²) in [5.74, 6) is -1.20. The summed E-state index contributed by atoms with van der Waals surface area (Å²) in [6.07, 6.45) is 0. The van der Waals surface area contributed by atoms with Crippen LogP contribution in [-0.2, 0) is 14.8 Å². The molecule has 0 aromatic heterocycles. The second kappa shape index (κ2) is 9.84. The molecule has 0 aliphatic heterocycles. The Morgan fingerprint density at radius 3 is 2.28 bits per heavy atom. The molecule has 32 heavy (non-hydrogen) atoms. The number of sulfonamides is 1. The van der Waals surface area contributed by atoms with E-state index in [1.54, 1.807) is 12.1 Å². The fourth-order valence-electron chi connectivity index (χ4n) is 3.01. The molecule has 3 aromatic carbocycles. The van der Waals surface area contributed by atoms with Gasteiger partial charge >= 0.3 is 5.97 Å². The Labute approximate surface area is 191 Å². The smallest absolute Gasteiger partial charge is 0.339 e. The molecule has 0 heterocycles. The predicted molar refractivity (Wildman–Crippen MR) is 122 cm³/mol. The van der Waals surface area contributed by atoms with Gasteiger partial charge in [0, 0.05) is 0 Å². The van der Waals surface area contributed by atoms with Gasteiger partial charge in [0.1, 0.15) is 0 Å². The van der Waals surface area contributed by atoms with Gasteiger partial charge in [0.05, 0.1) is 39.9 Å². The van der Waals surface area contributed by atoms with Crippen molar-refractivity contribution in [1.29, 1.82) is 0 Å². The molecule has 0 bridgehead atoms. The molecule has 0 spiro atoms. The van der Waals surface area contributed by atoms with Gasteiger partial charge in [-0.3, -0.25) is 9.52 Å². The van der Waals surface area contributed by atoms with E-state index in [2.05, 4.69) is 14.8 Å². The number of carbonyl (C=O) groups is 2. The first-order chi connectivity index (χ1) is 15.2. The number of para-hydroxylation sites is 1. The zero-order valence-electron chi connectivity index (χ0n) is 17.3. The Balaban J connectivity index is 1.87. The van der Waals surface area contributed by atoms with Crippen LogP contribution in [0.3, 0.4) is 0 Å². The van der Waals surface area contributed by atoms with Crippen LogP contribution in [0, 0.1) is 0 Å². The summed E-state index contributed by atoms with van der Waals surface area (Å²) in [5, 5.41) is 2.93. The fraction of sp³-hybridized carbons (Fsp3) is 0.130. The number of ether oxygens (including phenoxy) is 1. The van der Waals surface area contributed by atoms with Crippen LogP contribution in [0.15, 0.2) is 77.7 Å². The number of methoxy groups -OCH3 is 1. The van der Waals surface area contributed by atoms with E-state index in [0.29, 0.717) is 0 Å². The predicted octanol–water partition coefficient (Wildman–Crippen LogP) is 4.42. The van der Waals surface area contributed by atoms with Crippen LogP contribution in [0.25, 0.3) is 0 Å². The van der Waals surface area contributed by atoms with E-state index in [1.165, 1.54) is 31.4 Å². The Bertz CT molecular complexity index is 1250. The molecule has 0 fully saturated rings. The van der Waals surface area contributed by atoms with E-state index in [9.17, 15) is 18.0 Å². The number of hydrogen-bond donors (Lipinski definition) is 2. The van der Waals surface area contributed by atoms with Crippen molar-refractivity contribution >= 4 is 39.2 Å². The lowest BCUT2D eigenvalue weighted by molar-refractivity contribution is 0.0600. The summed E-state index contributed by atoms with van der Waals surface area (Å²) in [5.41, 5.74) is 1.08. The Kier molecular flexibility index (Phi) is 7.17. The number of anilines is 1. The maximum atomic E-state index is 13.0. The molecule has 0 saturated carbocycles. The van der Waals surface area contributed by atoms with Crippen LogP contribution in [0.2, 0.25) is 5.02 Å². The minimum atomic E-state index is -4.13. The highest BCUT2D eigenvalue weighted by atomic mass is 35.5. The van der Waals surface area contributed by atoms with Gasteiger partial charge in [-0.1, -0.05) is 54.1 Å². The minimum Gasteiger partial charge on any atom is -0.465 e. The van der Waals surface area contributed by atoms with Crippen molar-refractivity contribution in [3.8, 4) is 0 Å². The molecule has 0 radical (unpaired) electrons. The van der Waals surface area contributed by atoms with Crippen LogP contribution in [0.5, 0.6) is 0 Å². The highest BCUT2D eigenvalue weighted by Crippen LogP contribution is 2.25. The van der Waals surface area contributed by atoms with Gasteiger partial charge in [-0.2, -0.15) is 0 Å². The largest absolute Gasteiger partial charge is 0.465 e. The van der Waals surface area contributed by atoms with Gasteiger partial charge in [-0.25, -0.2) is 13.2 Å². The average Bonchev–Trinajstić information content (AvgIpc) is 2.79. The third-order valence-electron chi connectivity index (χ3n) is 4.72. The number of amides is 1. The van der Waals surface area contributed by atoms with Gasteiger partial charge < -0.3 is 10.1 Å². The molecule has 1 atom stereocenters. The van der Waals surface area contributed by atoms with E-state index in [1.807, 2.05) is 37.3 Å². The van der Waals surface area contributed by atoms with Crippen LogP contribution in [0.1, 0.15) is 39.2 Å². The van der Waals surface area contributed by atoms with Gasteiger partial charge in [0.25, 0.3) is 15.9 Å². The molecular weight excluding hydrogens is 452 g/mol. The van der Waals surface area contributed by atoms with Crippen molar-refractivity contribution in [2.75, 3.05) is 11.8 Å². The van der Waals surface area contributed by atoms with Gasteiger partial charge in [0.15, 0.2) is 0 Å².